The number of hydrogen-bond acceptors (Lipinski definition) is 2. The number of nitrogens with one attached hydrogen (secondary N) is 1. The minimum Gasteiger partial charge on any atom is -0.304 e. The summed E-state index contributed by atoms with van der Waals surface area (Å²) in [6, 6.07) is 0. The van der Waals surface area contributed by atoms with Crippen molar-refractivity contribution in [2.24, 2.45) is 5.92 Å². The van der Waals surface area contributed by atoms with Crippen molar-refractivity contribution >= 4 is 11.0 Å². The van der Waals surface area contributed by atoms with Crippen LogP contribution in [0.2, 0.25) is 0 Å². The zero-order valence-corrected chi connectivity index (χ0v) is 8.69. The molecule has 1 heterocycles. The van der Waals surface area contributed by atoms with E-state index in [1.54, 1.807) is 0 Å². The fourth-order valence-corrected chi connectivity index (χ4v) is 2.58. The number of rotatable bonds is 3. The topological polar surface area (TPSA) is 32.3 Å². The summed E-state index contributed by atoms with van der Waals surface area (Å²) in [5.74, 6) is 1.31. The Kier molecular flexibility index (Phi) is 4.18. The van der Waals surface area contributed by atoms with Crippen molar-refractivity contribution in [2.75, 3.05) is 25.5 Å². The summed E-state index contributed by atoms with van der Waals surface area (Å²) in [6.07, 6.45) is 1.11. The van der Waals surface area contributed by atoms with Gasteiger partial charge in [0.15, 0.2) is 0 Å². The van der Waals surface area contributed by atoms with E-state index in [-0.39, 0.29) is 0 Å². The fourth-order valence-electron chi connectivity index (χ4n) is 1.23. The van der Waals surface area contributed by atoms with Crippen LogP contribution >= 0.6 is 0 Å². The molecule has 3 nitrogen and oxygen atoms in total. The van der Waals surface area contributed by atoms with Crippen molar-refractivity contribution in [3.8, 4) is 0 Å². The predicted molar refractivity (Wildman–Crippen MR) is 52.0 cm³/mol. The van der Waals surface area contributed by atoms with Gasteiger partial charge in [-0.25, -0.2) is 8.51 Å². The van der Waals surface area contributed by atoms with Crippen LogP contribution in [0, 0.1) is 5.92 Å². The van der Waals surface area contributed by atoms with Gasteiger partial charge in [0.25, 0.3) is 0 Å². The molecule has 0 aromatic heterocycles. The molecule has 0 aromatic carbocycles. The maximum Gasteiger partial charge on any atom is 0.0957 e. The fraction of sp³-hybridized carbons (Fsp3) is 1.00. The third kappa shape index (κ3) is 3.21. The molecule has 1 aliphatic rings. The third-order valence-corrected chi connectivity index (χ3v) is 3.65. The maximum atomic E-state index is 11.6. The Balaban J connectivity index is 2.30. The van der Waals surface area contributed by atoms with Gasteiger partial charge in [0.2, 0.25) is 0 Å². The van der Waals surface area contributed by atoms with Gasteiger partial charge in [-0.3, -0.25) is 0 Å². The first-order valence-corrected chi connectivity index (χ1v) is 5.82. The van der Waals surface area contributed by atoms with Crippen molar-refractivity contribution < 1.29 is 4.21 Å². The lowest BCUT2D eigenvalue weighted by molar-refractivity contribution is 0.346. The summed E-state index contributed by atoms with van der Waals surface area (Å²) in [5.41, 5.74) is 0. The summed E-state index contributed by atoms with van der Waals surface area (Å²) < 4.78 is 13.6. The maximum absolute atomic E-state index is 11.6. The molecule has 1 fully saturated rings. The van der Waals surface area contributed by atoms with Crippen molar-refractivity contribution in [1.29, 1.82) is 0 Å². The first-order chi connectivity index (χ1) is 5.70. The molecule has 0 aromatic rings. The molecule has 1 saturated heterocycles. The average Bonchev–Trinajstić information content (AvgIpc) is 2.05. The zero-order chi connectivity index (χ0) is 8.97. The number of hydrogen-bond donors (Lipinski definition) is 1. The number of nitrogens with zero attached hydrogens (tertiary/aromatic N) is 1. The molecule has 0 radical (unpaired) electrons. The van der Waals surface area contributed by atoms with Crippen LogP contribution in [-0.2, 0) is 11.0 Å². The average molecular weight is 190 g/mol. The van der Waals surface area contributed by atoms with Crippen LogP contribution in [0.5, 0.6) is 0 Å². The Bertz CT molecular complexity index is 155. The Morgan fingerprint density at radius 2 is 2.33 bits per heavy atom. The van der Waals surface area contributed by atoms with Gasteiger partial charge in [0, 0.05) is 12.3 Å². The smallest absolute Gasteiger partial charge is 0.0957 e. The first-order valence-electron chi connectivity index (χ1n) is 4.54. The van der Waals surface area contributed by atoms with E-state index in [1.165, 1.54) is 0 Å². The largest absolute Gasteiger partial charge is 0.304 e. The lowest BCUT2D eigenvalue weighted by Gasteiger charge is -2.26. The summed E-state index contributed by atoms with van der Waals surface area (Å²) in [5, 5.41) is 3.22. The van der Waals surface area contributed by atoms with Gasteiger partial charge in [0.1, 0.15) is 0 Å². The van der Waals surface area contributed by atoms with Gasteiger partial charge < -0.3 is 5.32 Å². The van der Waals surface area contributed by atoms with Crippen LogP contribution in [0.15, 0.2) is 0 Å². The van der Waals surface area contributed by atoms with E-state index >= 15 is 0 Å². The minimum absolute atomic E-state index is 0.521. The van der Waals surface area contributed by atoms with Gasteiger partial charge in [-0.1, -0.05) is 13.8 Å². The second-order valence-electron chi connectivity index (χ2n) is 3.60. The van der Waals surface area contributed by atoms with E-state index in [1.807, 2.05) is 4.31 Å². The molecule has 4 heteroatoms. The molecule has 72 valence electrons. The lowest BCUT2D eigenvalue weighted by Crippen LogP contribution is -2.43. The molecule has 1 unspecified atom stereocenters. The highest BCUT2D eigenvalue weighted by Gasteiger charge is 2.16. The molecule has 0 spiro atoms. The van der Waals surface area contributed by atoms with E-state index in [9.17, 15) is 4.21 Å². The highest BCUT2D eigenvalue weighted by molar-refractivity contribution is 7.82. The molecular weight excluding hydrogens is 172 g/mol. The van der Waals surface area contributed by atoms with Gasteiger partial charge in [-0.2, -0.15) is 0 Å². The molecule has 1 N–H and O–H groups in total. The van der Waals surface area contributed by atoms with Crippen LogP contribution in [0.1, 0.15) is 20.3 Å². The van der Waals surface area contributed by atoms with E-state index in [2.05, 4.69) is 19.2 Å². The normalized spacial score (nSPS) is 22.9. The highest BCUT2D eigenvalue weighted by Crippen LogP contribution is 2.04. The van der Waals surface area contributed by atoms with Crippen molar-refractivity contribution in [3.63, 3.8) is 0 Å². The Hall–Kier alpha value is 0.0700. The van der Waals surface area contributed by atoms with Crippen molar-refractivity contribution in [3.05, 3.63) is 0 Å². The van der Waals surface area contributed by atoms with Gasteiger partial charge >= 0.3 is 0 Å². The van der Waals surface area contributed by atoms with Crippen molar-refractivity contribution in [1.82, 2.24) is 9.62 Å². The highest BCUT2D eigenvalue weighted by atomic mass is 32.2. The quantitative estimate of drug-likeness (QED) is 0.705. The third-order valence-electron chi connectivity index (χ3n) is 1.81. The van der Waals surface area contributed by atoms with Gasteiger partial charge in [-0.15, -0.1) is 0 Å². The Morgan fingerprint density at radius 1 is 1.58 bits per heavy atom. The minimum atomic E-state index is -0.766. The monoisotopic (exact) mass is 190 g/mol. The summed E-state index contributed by atoms with van der Waals surface area (Å²) in [6.45, 7) is 7.05. The molecule has 0 amide bonds. The summed E-state index contributed by atoms with van der Waals surface area (Å²) >= 11 is 0. The Labute approximate surface area is 77.1 Å². The van der Waals surface area contributed by atoms with Gasteiger partial charge in [0.05, 0.1) is 17.7 Å². The Morgan fingerprint density at radius 3 is 2.83 bits per heavy atom. The first kappa shape index (κ1) is 10.2. The SMILES string of the molecule is CC(C)CS(=O)N1CCCNC1. The second kappa shape index (κ2) is 4.94. The predicted octanol–water partition coefficient (Wildman–Crippen LogP) is 0.559. The van der Waals surface area contributed by atoms with E-state index in [0.29, 0.717) is 5.92 Å². The van der Waals surface area contributed by atoms with Crippen LogP contribution in [0.4, 0.5) is 0 Å². The molecule has 1 atom stereocenters. The van der Waals surface area contributed by atoms with Crippen LogP contribution < -0.4 is 5.32 Å². The molecule has 12 heavy (non-hydrogen) atoms. The van der Waals surface area contributed by atoms with E-state index < -0.39 is 11.0 Å². The summed E-state index contributed by atoms with van der Waals surface area (Å²) in [4.78, 5) is 0. The molecule has 0 aliphatic carbocycles. The molecular formula is C8H18N2OS. The summed E-state index contributed by atoms with van der Waals surface area (Å²) in [7, 11) is -0.766. The van der Waals surface area contributed by atoms with Crippen LogP contribution in [0.3, 0.4) is 0 Å². The second-order valence-corrected chi connectivity index (χ2v) is 5.09. The molecule has 1 aliphatic heterocycles. The van der Waals surface area contributed by atoms with E-state index in [0.717, 1.165) is 31.9 Å². The molecule has 0 saturated carbocycles. The van der Waals surface area contributed by atoms with E-state index in [4.69, 9.17) is 0 Å². The van der Waals surface area contributed by atoms with Crippen molar-refractivity contribution in [2.45, 2.75) is 20.3 Å². The standard InChI is InChI=1S/C8H18N2OS/c1-8(2)6-12(11)10-5-3-4-9-7-10/h8-9H,3-7H2,1-2H3. The zero-order valence-electron chi connectivity index (χ0n) is 7.88. The molecule has 1 rings (SSSR count). The van der Waals surface area contributed by atoms with Gasteiger partial charge in [-0.05, 0) is 18.9 Å². The lowest BCUT2D eigenvalue weighted by atomic mass is 10.3. The molecule has 0 bridgehead atoms. The van der Waals surface area contributed by atoms with Crippen LogP contribution in [0.25, 0.3) is 0 Å². The van der Waals surface area contributed by atoms with Crippen LogP contribution in [-0.4, -0.2) is 34.0 Å².